The first-order valence-corrected chi connectivity index (χ1v) is 14.5. The van der Waals surface area contributed by atoms with E-state index in [1.807, 2.05) is 66.9 Å². The van der Waals surface area contributed by atoms with Crippen LogP contribution in [0, 0.1) is 0 Å². The molecule has 0 radical (unpaired) electrons. The van der Waals surface area contributed by atoms with Crippen LogP contribution in [0.2, 0.25) is 0 Å². The number of hydrazine groups is 1. The van der Waals surface area contributed by atoms with E-state index < -0.39 is 0 Å². The summed E-state index contributed by atoms with van der Waals surface area (Å²) in [5.41, 5.74) is 14.1. The van der Waals surface area contributed by atoms with Crippen molar-refractivity contribution in [1.29, 1.82) is 0 Å². The number of hydrogen-bond acceptors (Lipinski definition) is 6. The Balaban J connectivity index is 1.23. The molecule has 2 N–H and O–H groups in total. The second-order valence-electron chi connectivity index (χ2n) is 10.7. The van der Waals surface area contributed by atoms with E-state index >= 15 is 0 Å². The highest BCUT2D eigenvalue weighted by Crippen LogP contribution is 2.42. The summed E-state index contributed by atoms with van der Waals surface area (Å²) in [6, 6.07) is 41.2. The second-order valence-corrected chi connectivity index (χ2v) is 10.7. The van der Waals surface area contributed by atoms with Gasteiger partial charge in [-0.15, -0.1) is 0 Å². The van der Waals surface area contributed by atoms with E-state index in [0.29, 0.717) is 23.4 Å². The van der Waals surface area contributed by atoms with Crippen molar-refractivity contribution in [3.05, 3.63) is 133 Å². The Hall–Kier alpha value is -6.21. The van der Waals surface area contributed by atoms with Crippen LogP contribution in [0.1, 0.15) is 5.56 Å². The Bertz CT molecular complexity index is 2310. The van der Waals surface area contributed by atoms with Gasteiger partial charge < -0.3 is 14.4 Å². The lowest BCUT2D eigenvalue weighted by atomic mass is 10.1. The molecule has 0 bridgehead atoms. The van der Waals surface area contributed by atoms with Crippen molar-refractivity contribution in [1.82, 2.24) is 24.9 Å². The molecule has 7 nitrogen and oxygen atoms in total. The molecule has 9 rings (SSSR count). The fraction of sp³-hybridized carbons (Fsp3) is 0. The zero-order valence-corrected chi connectivity index (χ0v) is 23.4. The maximum absolute atomic E-state index is 6.20. The van der Waals surface area contributed by atoms with Gasteiger partial charge in [0.15, 0.2) is 17.5 Å². The van der Waals surface area contributed by atoms with Crippen molar-refractivity contribution >= 4 is 44.7 Å². The lowest BCUT2D eigenvalue weighted by molar-refractivity contribution is 0.619. The normalized spacial score (nSPS) is 12.4. The van der Waals surface area contributed by atoms with E-state index in [1.165, 1.54) is 10.8 Å². The van der Waals surface area contributed by atoms with E-state index in [0.717, 1.165) is 49.9 Å². The second kappa shape index (κ2) is 9.68. The van der Waals surface area contributed by atoms with Crippen LogP contribution in [0.5, 0.6) is 0 Å². The summed E-state index contributed by atoms with van der Waals surface area (Å²) in [5, 5.41) is 3.43. The number of anilines is 1. The van der Waals surface area contributed by atoms with Gasteiger partial charge in [0.1, 0.15) is 5.58 Å². The molecule has 7 heteroatoms. The van der Waals surface area contributed by atoms with Crippen molar-refractivity contribution in [3.63, 3.8) is 0 Å². The number of para-hydroxylation sites is 1. The molecule has 4 heterocycles. The molecule has 8 aromatic rings. The minimum absolute atomic E-state index is 0.626. The molecule has 0 atom stereocenters. The van der Waals surface area contributed by atoms with Crippen molar-refractivity contribution < 1.29 is 4.42 Å². The number of benzene rings is 5. The van der Waals surface area contributed by atoms with Crippen LogP contribution in [0.4, 0.5) is 5.88 Å². The van der Waals surface area contributed by atoms with Crippen LogP contribution >= 0.6 is 0 Å². The third kappa shape index (κ3) is 3.80. The van der Waals surface area contributed by atoms with Crippen molar-refractivity contribution in [2.75, 3.05) is 5.43 Å². The molecule has 1 aliphatic heterocycles. The molecule has 0 saturated carbocycles. The summed E-state index contributed by atoms with van der Waals surface area (Å²) < 4.78 is 8.52. The summed E-state index contributed by atoms with van der Waals surface area (Å²) >= 11 is 0. The molecule has 44 heavy (non-hydrogen) atoms. The third-order valence-corrected chi connectivity index (χ3v) is 8.13. The van der Waals surface area contributed by atoms with Gasteiger partial charge in [-0.05, 0) is 48.5 Å². The van der Waals surface area contributed by atoms with E-state index in [2.05, 4.69) is 82.2 Å². The van der Waals surface area contributed by atoms with Crippen molar-refractivity contribution in [2.24, 2.45) is 0 Å². The number of aromatic nitrogens is 4. The molecule has 0 saturated heterocycles. The summed E-state index contributed by atoms with van der Waals surface area (Å²) in [7, 11) is 0. The maximum atomic E-state index is 6.20. The molecule has 0 fully saturated rings. The van der Waals surface area contributed by atoms with Crippen LogP contribution in [0.25, 0.3) is 78.7 Å². The topological polar surface area (TPSA) is 80.8 Å². The number of rotatable bonds is 4. The van der Waals surface area contributed by atoms with Gasteiger partial charge >= 0.3 is 0 Å². The zero-order chi connectivity index (χ0) is 29.0. The Morgan fingerprint density at radius 2 is 1.18 bits per heavy atom. The van der Waals surface area contributed by atoms with Crippen LogP contribution < -0.4 is 10.9 Å². The van der Waals surface area contributed by atoms with Gasteiger partial charge in [-0.1, -0.05) is 78.9 Å². The van der Waals surface area contributed by atoms with Crippen molar-refractivity contribution in [2.45, 2.75) is 0 Å². The summed E-state index contributed by atoms with van der Waals surface area (Å²) in [6.45, 7) is 0. The molecule has 0 unspecified atom stereocenters. The van der Waals surface area contributed by atoms with E-state index in [9.17, 15) is 0 Å². The highest BCUT2D eigenvalue weighted by Gasteiger charge is 2.22. The minimum atomic E-state index is 0.626. The van der Waals surface area contributed by atoms with E-state index in [1.54, 1.807) is 0 Å². The fourth-order valence-corrected chi connectivity index (χ4v) is 6.11. The molecule has 3 aromatic heterocycles. The van der Waals surface area contributed by atoms with Gasteiger partial charge in [0.05, 0.1) is 22.0 Å². The SMILES string of the molecule is C1=Cc2c(oc3ccc4c5ccccc5n(-c5ccc(-c6nc(-c7ccccc7)nc(-c7ccccc7)n6)cc5)c4c23)NN1. The van der Waals surface area contributed by atoms with Crippen LogP contribution in [0.3, 0.4) is 0 Å². The van der Waals surface area contributed by atoms with Gasteiger partial charge in [0.2, 0.25) is 5.88 Å². The van der Waals surface area contributed by atoms with Crippen molar-refractivity contribution in [3.8, 4) is 39.9 Å². The molecule has 5 aromatic carbocycles. The predicted octanol–water partition coefficient (Wildman–Crippen LogP) is 8.62. The first-order valence-electron chi connectivity index (χ1n) is 14.5. The van der Waals surface area contributed by atoms with E-state index in [4.69, 9.17) is 19.4 Å². The van der Waals surface area contributed by atoms with Crippen LogP contribution in [0.15, 0.2) is 132 Å². The molecule has 0 amide bonds. The Labute approximate surface area is 252 Å². The molecule has 0 aliphatic carbocycles. The number of furan rings is 1. The third-order valence-electron chi connectivity index (χ3n) is 8.13. The Morgan fingerprint density at radius 3 is 1.86 bits per heavy atom. The quantitative estimate of drug-likeness (QED) is 0.221. The summed E-state index contributed by atoms with van der Waals surface area (Å²) in [6.07, 6.45) is 3.94. The smallest absolute Gasteiger partial charge is 0.220 e. The lowest BCUT2D eigenvalue weighted by Crippen LogP contribution is -2.16. The molecule has 1 aliphatic rings. The number of fused-ring (bicyclic) bond motifs is 7. The first kappa shape index (κ1) is 24.4. The highest BCUT2D eigenvalue weighted by atomic mass is 16.4. The largest absolute Gasteiger partial charge is 0.438 e. The Kier molecular flexibility index (Phi) is 5.36. The average Bonchev–Trinajstić information content (AvgIpc) is 3.65. The zero-order valence-electron chi connectivity index (χ0n) is 23.4. The molecule has 208 valence electrons. The minimum Gasteiger partial charge on any atom is -0.438 e. The van der Waals surface area contributed by atoms with Gasteiger partial charge in [0, 0.05) is 39.4 Å². The van der Waals surface area contributed by atoms with Gasteiger partial charge in [-0.25, -0.2) is 15.0 Å². The lowest BCUT2D eigenvalue weighted by Gasteiger charge is -2.12. The number of hydrogen-bond donors (Lipinski definition) is 2. The average molecular weight is 569 g/mol. The highest BCUT2D eigenvalue weighted by molar-refractivity contribution is 6.20. The molecular formula is C37H24N6O. The first-order chi connectivity index (χ1) is 21.8. The standard InChI is InChI=1S/C37H24N6O/c1-3-9-23(10-4-1)34-39-35(24-11-5-2-6-12-24)41-36(40-34)25-15-17-26(18-16-25)43-30-14-8-7-13-27(30)28-19-20-31-32(33(28)43)29-21-22-38-42-37(29)44-31/h1-22,38,42H. The monoisotopic (exact) mass is 568 g/mol. The molecular weight excluding hydrogens is 544 g/mol. The van der Waals surface area contributed by atoms with Gasteiger partial charge in [-0.3, -0.25) is 5.43 Å². The fourth-order valence-electron chi connectivity index (χ4n) is 6.11. The summed E-state index contributed by atoms with van der Waals surface area (Å²) in [4.78, 5) is 14.7. The van der Waals surface area contributed by atoms with Gasteiger partial charge in [-0.2, -0.15) is 0 Å². The van der Waals surface area contributed by atoms with E-state index in [-0.39, 0.29) is 0 Å². The van der Waals surface area contributed by atoms with Gasteiger partial charge in [0.25, 0.3) is 0 Å². The summed E-state index contributed by atoms with van der Waals surface area (Å²) in [5.74, 6) is 2.62. The molecule has 0 spiro atoms. The predicted molar refractivity (Wildman–Crippen MR) is 176 cm³/mol. The maximum Gasteiger partial charge on any atom is 0.220 e. The van der Waals surface area contributed by atoms with Crippen LogP contribution in [-0.2, 0) is 0 Å². The number of nitrogens with zero attached hydrogens (tertiary/aromatic N) is 4. The number of nitrogens with one attached hydrogen (secondary N) is 2. The Morgan fingerprint density at radius 1 is 0.568 bits per heavy atom. The van der Waals surface area contributed by atoms with Crippen LogP contribution in [-0.4, -0.2) is 19.5 Å².